The maximum atomic E-state index is 13.3. The quantitative estimate of drug-likeness (QED) is 0.368. The molecule has 5 rings (SSSR count). The summed E-state index contributed by atoms with van der Waals surface area (Å²) in [5, 5.41) is 12.9. The van der Waals surface area contributed by atoms with Gasteiger partial charge >= 0.3 is 5.97 Å². The fourth-order valence-electron chi connectivity index (χ4n) is 5.52. The van der Waals surface area contributed by atoms with Gasteiger partial charge in [0.2, 0.25) is 5.92 Å². The molecule has 9 heteroatoms. The van der Waals surface area contributed by atoms with E-state index in [1.807, 2.05) is 20.0 Å². The smallest absolute Gasteiger partial charge is 0.354 e. The summed E-state index contributed by atoms with van der Waals surface area (Å²) >= 11 is 0. The van der Waals surface area contributed by atoms with Gasteiger partial charge < -0.3 is 20.1 Å². The van der Waals surface area contributed by atoms with E-state index < -0.39 is 11.9 Å². The summed E-state index contributed by atoms with van der Waals surface area (Å²) in [6.45, 7) is 8.60. The van der Waals surface area contributed by atoms with E-state index in [1.54, 1.807) is 19.2 Å². The van der Waals surface area contributed by atoms with Crippen molar-refractivity contribution in [3.05, 3.63) is 53.3 Å². The Morgan fingerprint density at radius 1 is 1.24 bits per heavy atom. The van der Waals surface area contributed by atoms with E-state index in [0.717, 1.165) is 43.7 Å². The molecule has 0 unspecified atom stereocenters. The second kappa shape index (κ2) is 10.7. The van der Waals surface area contributed by atoms with Crippen molar-refractivity contribution in [2.75, 3.05) is 25.5 Å². The molecule has 1 aromatic carbocycles. The number of aromatic nitrogens is 2. The summed E-state index contributed by atoms with van der Waals surface area (Å²) < 4.78 is 32.1. The second-order valence-electron chi connectivity index (χ2n) is 10.6. The van der Waals surface area contributed by atoms with Gasteiger partial charge in [-0.25, -0.2) is 18.6 Å². The summed E-state index contributed by atoms with van der Waals surface area (Å²) in [7, 11) is 1.71. The molecule has 1 saturated carbocycles. The number of carboxylic acids is 1. The number of hydrogen-bond acceptors (Lipinski definition) is 5. The highest BCUT2D eigenvalue weighted by molar-refractivity contribution is 5.88. The van der Waals surface area contributed by atoms with E-state index in [2.05, 4.69) is 39.2 Å². The number of hydrogen-bond donors (Lipinski definition) is 3. The zero-order valence-electron chi connectivity index (χ0n) is 21.9. The summed E-state index contributed by atoms with van der Waals surface area (Å²) in [4.78, 5) is 20.1. The molecule has 200 valence electrons. The van der Waals surface area contributed by atoms with Crippen LogP contribution in [0.2, 0.25) is 0 Å². The van der Waals surface area contributed by atoms with Crippen molar-refractivity contribution in [1.29, 1.82) is 0 Å². The van der Waals surface area contributed by atoms with Crippen LogP contribution in [0.1, 0.15) is 61.1 Å². The van der Waals surface area contributed by atoms with Crippen LogP contribution in [0, 0.1) is 12.3 Å². The second-order valence-corrected chi connectivity index (χ2v) is 10.6. The molecule has 1 aliphatic carbocycles. The number of nitrogens with one attached hydrogen (secondary N) is 2. The first kappa shape index (κ1) is 26.9. The van der Waals surface area contributed by atoms with Crippen LogP contribution in [0.3, 0.4) is 0 Å². The van der Waals surface area contributed by atoms with Crippen molar-refractivity contribution in [2.45, 2.75) is 65.0 Å². The third-order valence-corrected chi connectivity index (χ3v) is 7.30. The molecular formula is C28H36F2N4O3. The predicted octanol–water partition coefficient (Wildman–Crippen LogP) is 6.10. The number of methoxy groups -OCH3 is 1. The molecule has 0 bridgehead atoms. The summed E-state index contributed by atoms with van der Waals surface area (Å²) in [5.74, 6) is -1.92. The molecule has 37 heavy (non-hydrogen) atoms. The van der Waals surface area contributed by atoms with Crippen LogP contribution in [-0.4, -0.2) is 58.1 Å². The molecule has 0 radical (unpaired) electrons. The van der Waals surface area contributed by atoms with E-state index in [9.17, 15) is 13.6 Å². The van der Waals surface area contributed by atoms with Gasteiger partial charge in [0.15, 0.2) is 5.69 Å². The number of halogens is 2. The molecular weight excluding hydrogens is 478 g/mol. The van der Waals surface area contributed by atoms with Gasteiger partial charge in [0.25, 0.3) is 0 Å². The lowest BCUT2D eigenvalue weighted by Gasteiger charge is -2.51. The Balaban J connectivity index is 0.000000209. The maximum Gasteiger partial charge on any atom is 0.354 e. The van der Waals surface area contributed by atoms with Crippen LogP contribution in [0.5, 0.6) is 5.75 Å². The Bertz CT molecular complexity index is 1240. The highest BCUT2D eigenvalue weighted by Gasteiger charge is 2.56. The number of pyridine rings is 1. The van der Waals surface area contributed by atoms with Gasteiger partial charge in [-0.3, -0.25) is 4.90 Å². The zero-order valence-corrected chi connectivity index (χ0v) is 21.9. The number of likely N-dealkylation sites (tertiary alicyclic amines) is 1. The van der Waals surface area contributed by atoms with Crippen LogP contribution in [0.25, 0.3) is 10.9 Å². The molecule has 1 saturated heterocycles. The van der Waals surface area contributed by atoms with Crippen molar-refractivity contribution in [3.8, 4) is 5.75 Å². The molecule has 2 aliphatic rings. The van der Waals surface area contributed by atoms with Crippen molar-refractivity contribution in [2.24, 2.45) is 5.41 Å². The van der Waals surface area contributed by atoms with E-state index >= 15 is 0 Å². The Hall–Kier alpha value is -3.20. The molecule has 7 nitrogen and oxygen atoms in total. The van der Waals surface area contributed by atoms with Crippen molar-refractivity contribution < 1.29 is 23.4 Å². The Kier molecular flexibility index (Phi) is 7.73. The van der Waals surface area contributed by atoms with Gasteiger partial charge in [0.1, 0.15) is 11.6 Å². The summed E-state index contributed by atoms with van der Waals surface area (Å²) in [6.07, 6.45) is 3.90. The number of anilines is 1. The van der Waals surface area contributed by atoms with Crippen LogP contribution < -0.4 is 10.1 Å². The maximum absolute atomic E-state index is 13.3. The van der Waals surface area contributed by atoms with Crippen molar-refractivity contribution >= 4 is 22.7 Å². The number of benzene rings is 1. The average Bonchev–Trinajstić information content (AvgIpc) is 3.32. The Labute approximate surface area is 216 Å². The van der Waals surface area contributed by atoms with Crippen molar-refractivity contribution in [3.63, 3.8) is 0 Å². The third-order valence-electron chi connectivity index (χ3n) is 7.30. The summed E-state index contributed by atoms with van der Waals surface area (Å²) in [6, 6.07) is 9.29. The Morgan fingerprint density at radius 3 is 2.54 bits per heavy atom. The standard InChI is InChI=1S/C19H24F2N2O.C9H12N2O2/c1-13-9-16(24-2)15(14-3-6-22-17(13)14)10-23-7-4-18(5-8-23)11-19(20,21)12-18;1-6(2)10-8-5-3-4-7(11-8)9(12)13/h3,6,9,22H,4-5,7-8,10-12H2,1-2H3;3-6H,1-2H3,(H,10,11)(H,12,13). The van der Waals surface area contributed by atoms with E-state index in [-0.39, 0.29) is 30.0 Å². The molecule has 2 aromatic heterocycles. The lowest BCUT2D eigenvalue weighted by atomic mass is 9.61. The van der Waals surface area contributed by atoms with Crippen LogP contribution in [-0.2, 0) is 6.54 Å². The van der Waals surface area contributed by atoms with Gasteiger partial charge in [-0.15, -0.1) is 0 Å². The first-order chi connectivity index (χ1) is 17.5. The SMILES string of the molecule is CC(C)Nc1cccc(C(=O)O)n1.COc1cc(C)c2[nH]ccc2c1CN1CCC2(CC1)CC(F)(F)C2. The number of aromatic carboxylic acids is 1. The fraction of sp³-hybridized carbons (Fsp3) is 0.500. The van der Waals surface area contributed by atoms with Gasteiger partial charge in [-0.05, 0) is 81.9 Å². The fourth-order valence-corrected chi connectivity index (χ4v) is 5.52. The molecule has 0 atom stereocenters. The average molecular weight is 515 g/mol. The first-order valence-electron chi connectivity index (χ1n) is 12.7. The number of alkyl halides is 2. The Morgan fingerprint density at radius 2 is 1.95 bits per heavy atom. The number of fused-ring (bicyclic) bond motifs is 1. The predicted molar refractivity (Wildman–Crippen MR) is 141 cm³/mol. The minimum atomic E-state index is -2.42. The zero-order chi connectivity index (χ0) is 26.8. The highest BCUT2D eigenvalue weighted by Crippen LogP contribution is 2.57. The lowest BCUT2D eigenvalue weighted by Crippen LogP contribution is -2.52. The molecule has 1 aliphatic heterocycles. The van der Waals surface area contributed by atoms with Gasteiger partial charge in [0, 0.05) is 48.1 Å². The molecule has 3 aromatic rings. The lowest BCUT2D eigenvalue weighted by molar-refractivity contribution is -0.178. The normalized spacial score (nSPS) is 18.2. The molecule has 1 spiro atoms. The van der Waals surface area contributed by atoms with Gasteiger partial charge in [-0.1, -0.05) is 6.07 Å². The van der Waals surface area contributed by atoms with E-state index in [4.69, 9.17) is 9.84 Å². The number of piperidine rings is 1. The summed E-state index contributed by atoms with van der Waals surface area (Å²) in [5.41, 5.74) is 3.48. The number of ether oxygens (including phenoxy) is 1. The van der Waals surface area contributed by atoms with E-state index in [0.29, 0.717) is 5.82 Å². The number of rotatable bonds is 6. The number of carbonyl (C=O) groups is 1. The third kappa shape index (κ3) is 6.21. The minimum absolute atomic E-state index is 0.0608. The number of carboxylic acid groups (broad SMARTS) is 1. The topological polar surface area (TPSA) is 90.5 Å². The van der Waals surface area contributed by atoms with E-state index in [1.165, 1.54) is 22.6 Å². The van der Waals surface area contributed by atoms with Crippen LogP contribution in [0.15, 0.2) is 36.5 Å². The molecule has 0 amide bonds. The van der Waals surface area contributed by atoms with Crippen LogP contribution >= 0.6 is 0 Å². The number of nitrogens with zero attached hydrogens (tertiary/aromatic N) is 2. The number of aryl methyl sites for hydroxylation is 1. The molecule has 2 fully saturated rings. The number of aromatic amines is 1. The first-order valence-corrected chi connectivity index (χ1v) is 12.7. The van der Waals surface area contributed by atoms with Crippen molar-refractivity contribution in [1.82, 2.24) is 14.9 Å². The van der Waals surface area contributed by atoms with Crippen LogP contribution in [0.4, 0.5) is 14.6 Å². The molecule has 3 heterocycles. The molecule has 3 N–H and O–H groups in total. The highest BCUT2D eigenvalue weighted by atomic mass is 19.3. The number of H-pyrrole nitrogens is 1. The monoisotopic (exact) mass is 514 g/mol. The van der Waals surface area contributed by atoms with Gasteiger partial charge in [-0.2, -0.15) is 0 Å². The van der Waals surface area contributed by atoms with Gasteiger partial charge in [0.05, 0.1) is 7.11 Å². The largest absolute Gasteiger partial charge is 0.496 e. The minimum Gasteiger partial charge on any atom is -0.496 e.